The van der Waals surface area contributed by atoms with E-state index in [1.165, 1.54) is 29.0 Å². The molecule has 148 valence electrons. The van der Waals surface area contributed by atoms with Crippen molar-refractivity contribution in [3.05, 3.63) is 12.7 Å². The number of hydrogen-bond acceptors (Lipinski definition) is 9. The molecule has 4 N–H and O–H groups in total. The van der Waals surface area contributed by atoms with Crippen LogP contribution in [0.2, 0.25) is 0 Å². The summed E-state index contributed by atoms with van der Waals surface area (Å²) in [7, 11) is 0. The number of carbonyl (C=O) groups excluding carboxylic acids is 1. The summed E-state index contributed by atoms with van der Waals surface area (Å²) in [6, 6.07) is 1.52. The number of carbonyl (C=O) groups is 1. The number of nitriles is 1. The van der Waals surface area contributed by atoms with Gasteiger partial charge in [0.1, 0.15) is 24.1 Å². The molecule has 1 saturated carbocycles. The normalized spacial score (nSPS) is 28.1. The number of amides is 2. The Balaban J connectivity index is 1.57. The lowest BCUT2D eigenvalue weighted by atomic mass is 10.1. The van der Waals surface area contributed by atoms with Crippen LogP contribution in [0.1, 0.15) is 19.1 Å². The fourth-order valence-corrected chi connectivity index (χ4v) is 3.74. The number of urea groups is 1. The van der Waals surface area contributed by atoms with Crippen LogP contribution >= 0.6 is 11.8 Å². The van der Waals surface area contributed by atoms with Gasteiger partial charge in [0.15, 0.2) is 23.2 Å². The van der Waals surface area contributed by atoms with Crippen molar-refractivity contribution < 1.29 is 19.7 Å². The summed E-state index contributed by atoms with van der Waals surface area (Å²) in [5.41, 5.74) is -0.161. The van der Waals surface area contributed by atoms with Crippen molar-refractivity contribution in [1.82, 2.24) is 24.8 Å². The van der Waals surface area contributed by atoms with Gasteiger partial charge in [-0.25, -0.2) is 19.7 Å². The molecule has 0 aromatic carbocycles. The van der Waals surface area contributed by atoms with Crippen LogP contribution < -0.4 is 10.6 Å². The van der Waals surface area contributed by atoms with Crippen molar-refractivity contribution in [2.75, 3.05) is 17.3 Å². The minimum atomic E-state index is -1.14. The number of imidazole rings is 1. The third-order valence-corrected chi connectivity index (χ3v) is 5.51. The first kappa shape index (κ1) is 18.9. The number of rotatable bonds is 5. The molecule has 4 atom stereocenters. The maximum absolute atomic E-state index is 12.2. The number of nitrogens with one attached hydrogen (secondary N) is 2. The Hall–Kier alpha value is -2.46. The molecule has 0 spiro atoms. The lowest BCUT2D eigenvalue weighted by Crippen LogP contribution is -2.39. The van der Waals surface area contributed by atoms with E-state index in [0.29, 0.717) is 29.8 Å². The Morgan fingerprint density at radius 1 is 1.43 bits per heavy atom. The highest BCUT2D eigenvalue weighted by molar-refractivity contribution is 7.98. The van der Waals surface area contributed by atoms with E-state index in [0.717, 1.165) is 0 Å². The zero-order chi connectivity index (χ0) is 19.9. The van der Waals surface area contributed by atoms with E-state index < -0.39 is 36.1 Å². The van der Waals surface area contributed by atoms with Crippen molar-refractivity contribution in [3.63, 3.8) is 0 Å². The number of anilines is 1. The average molecular weight is 405 g/mol. The van der Waals surface area contributed by atoms with Crippen LogP contribution in [0.25, 0.3) is 11.2 Å². The van der Waals surface area contributed by atoms with E-state index in [1.54, 1.807) is 0 Å². The van der Waals surface area contributed by atoms with Crippen molar-refractivity contribution in [2.45, 2.75) is 42.9 Å². The second-order valence-electron chi connectivity index (χ2n) is 6.82. The molecule has 1 saturated heterocycles. The van der Waals surface area contributed by atoms with E-state index in [4.69, 9.17) is 10.00 Å². The Bertz CT molecular complexity index is 941. The number of fused-ring (bicyclic) bond motifs is 1. The van der Waals surface area contributed by atoms with Crippen molar-refractivity contribution in [2.24, 2.45) is 0 Å². The summed E-state index contributed by atoms with van der Waals surface area (Å²) in [4.78, 5) is 24.6. The van der Waals surface area contributed by atoms with Gasteiger partial charge in [-0.2, -0.15) is 17.0 Å². The first-order valence-corrected chi connectivity index (χ1v) is 10.1. The molecule has 2 aromatic heterocycles. The fourth-order valence-electron chi connectivity index (χ4n) is 3.14. The quantitative estimate of drug-likeness (QED) is 0.536. The summed E-state index contributed by atoms with van der Waals surface area (Å²) < 4.78 is 7.30. The second kappa shape index (κ2) is 7.17. The van der Waals surface area contributed by atoms with E-state index in [9.17, 15) is 15.0 Å². The standard InChI is InChI=1S/C16H19N7O4S/c1-28-4-8-10(24)11(25)14(27-8)23-7-20-9-12(18-6-19-13(9)23)21-15(26)22-16(5-17)2-3-16/h6-8,10-11,14,24-25H,2-4H2,1H3,(H2,18,19,21,22,26)/t8-,10-,11-,14-/m1/s1. The largest absolute Gasteiger partial charge is 0.387 e. The fraction of sp³-hybridized carbons (Fsp3) is 0.562. The molecule has 12 heteroatoms. The molecule has 1 aliphatic heterocycles. The SMILES string of the molecule is CSC[C@H]1O[C@@H](n2cnc3c(NC(=O)NC4(C#N)CC4)ncnc32)[C@H](O)[C@@H]1O. The van der Waals surface area contributed by atoms with Crippen molar-refractivity contribution in [1.29, 1.82) is 5.26 Å². The molecule has 0 radical (unpaired) electrons. The number of aliphatic hydroxyl groups is 2. The van der Waals surface area contributed by atoms with Crippen LogP contribution in [-0.4, -0.2) is 71.6 Å². The lowest BCUT2D eigenvalue weighted by molar-refractivity contribution is -0.0288. The second-order valence-corrected chi connectivity index (χ2v) is 7.73. The maximum Gasteiger partial charge on any atom is 0.321 e. The van der Waals surface area contributed by atoms with Crippen molar-refractivity contribution in [3.8, 4) is 6.07 Å². The molecule has 2 amide bonds. The number of thioether (sulfide) groups is 1. The van der Waals surface area contributed by atoms with Gasteiger partial charge in [0, 0.05) is 5.75 Å². The minimum Gasteiger partial charge on any atom is -0.387 e. The topological polar surface area (TPSA) is 158 Å². The van der Waals surface area contributed by atoms with Gasteiger partial charge in [0.2, 0.25) is 0 Å². The minimum absolute atomic E-state index is 0.170. The first-order chi connectivity index (χ1) is 13.5. The van der Waals surface area contributed by atoms with Gasteiger partial charge in [0.05, 0.1) is 18.5 Å². The Morgan fingerprint density at radius 2 is 2.21 bits per heavy atom. The van der Waals surface area contributed by atoms with Gasteiger partial charge in [-0.15, -0.1) is 0 Å². The van der Waals surface area contributed by atoms with Gasteiger partial charge in [-0.1, -0.05) is 0 Å². The van der Waals surface area contributed by atoms with Crippen LogP contribution in [0.15, 0.2) is 12.7 Å². The zero-order valence-electron chi connectivity index (χ0n) is 14.9. The summed E-state index contributed by atoms with van der Waals surface area (Å²) in [6.45, 7) is 0. The molecular formula is C16H19N7O4S. The molecule has 28 heavy (non-hydrogen) atoms. The number of ether oxygens (including phenoxy) is 1. The smallest absolute Gasteiger partial charge is 0.321 e. The first-order valence-electron chi connectivity index (χ1n) is 8.66. The van der Waals surface area contributed by atoms with E-state index >= 15 is 0 Å². The number of hydrogen-bond donors (Lipinski definition) is 4. The van der Waals surface area contributed by atoms with E-state index in [-0.39, 0.29) is 5.82 Å². The number of aromatic nitrogens is 4. The van der Waals surface area contributed by atoms with Gasteiger partial charge in [-0.3, -0.25) is 9.88 Å². The molecular weight excluding hydrogens is 386 g/mol. The van der Waals surface area contributed by atoms with Crippen molar-refractivity contribution >= 4 is 34.8 Å². The molecule has 1 aliphatic carbocycles. The summed E-state index contributed by atoms with van der Waals surface area (Å²) in [5, 5.41) is 34.9. The van der Waals surface area contributed by atoms with Crippen LogP contribution in [0, 0.1) is 11.3 Å². The molecule has 2 aliphatic rings. The van der Waals surface area contributed by atoms with Crippen LogP contribution in [0.5, 0.6) is 0 Å². The molecule has 3 heterocycles. The highest BCUT2D eigenvalue weighted by Gasteiger charge is 2.45. The monoisotopic (exact) mass is 405 g/mol. The Labute approximate surface area is 164 Å². The average Bonchev–Trinajstić information content (AvgIpc) is 3.23. The molecule has 11 nitrogen and oxygen atoms in total. The van der Waals surface area contributed by atoms with Crippen LogP contribution in [0.3, 0.4) is 0 Å². The lowest BCUT2D eigenvalue weighted by Gasteiger charge is -2.16. The van der Waals surface area contributed by atoms with Gasteiger partial charge in [0.25, 0.3) is 0 Å². The third kappa shape index (κ3) is 3.26. The van der Waals surface area contributed by atoms with Crippen LogP contribution in [0.4, 0.5) is 10.6 Å². The molecule has 4 rings (SSSR count). The molecule has 2 fully saturated rings. The predicted octanol–water partition coefficient (Wildman–Crippen LogP) is -0.0138. The predicted molar refractivity (Wildman–Crippen MR) is 99.4 cm³/mol. The molecule has 2 aromatic rings. The Kier molecular flexibility index (Phi) is 4.84. The molecule has 0 unspecified atom stereocenters. The Morgan fingerprint density at radius 3 is 2.89 bits per heavy atom. The van der Waals surface area contributed by atoms with E-state index in [1.807, 2.05) is 6.26 Å². The number of nitrogens with zero attached hydrogens (tertiary/aromatic N) is 5. The summed E-state index contributed by atoms with van der Waals surface area (Å²) in [5.74, 6) is 0.702. The number of aliphatic hydroxyl groups excluding tert-OH is 2. The third-order valence-electron chi connectivity index (χ3n) is 4.85. The van der Waals surface area contributed by atoms with E-state index in [2.05, 4.69) is 31.7 Å². The zero-order valence-corrected chi connectivity index (χ0v) is 15.8. The molecule has 0 bridgehead atoms. The van der Waals surface area contributed by atoms with Crippen LogP contribution in [-0.2, 0) is 4.74 Å². The summed E-state index contributed by atoms with van der Waals surface area (Å²) in [6.07, 6.45) is 2.24. The highest BCUT2D eigenvalue weighted by Crippen LogP contribution is 2.35. The van der Waals surface area contributed by atoms with Gasteiger partial charge >= 0.3 is 6.03 Å². The maximum atomic E-state index is 12.2. The highest BCUT2D eigenvalue weighted by atomic mass is 32.2. The summed E-state index contributed by atoms with van der Waals surface area (Å²) >= 11 is 1.50. The van der Waals surface area contributed by atoms with Gasteiger partial charge in [-0.05, 0) is 19.1 Å². The van der Waals surface area contributed by atoms with Gasteiger partial charge < -0.3 is 20.3 Å².